The number of ketones is 2. The number of allylic oxidation sites excluding steroid dienone is 2. The number of carboxylic acids is 1. The number of carbonyl (C=O) groups is 4. The van der Waals surface area contributed by atoms with Gasteiger partial charge in [-0.05, 0) is 32.1 Å². The summed E-state index contributed by atoms with van der Waals surface area (Å²) in [4.78, 5) is 48.4. The van der Waals surface area contributed by atoms with E-state index >= 15 is 0 Å². The van der Waals surface area contributed by atoms with Gasteiger partial charge in [-0.2, -0.15) is 0 Å². The average Bonchev–Trinajstić information content (AvgIpc) is 2.61. The summed E-state index contributed by atoms with van der Waals surface area (Å²) in [5, 5.41) is 11.7. The Kier molecular flexibility index (Phi) is 6.66. The summed E-state index contributed by atoms with van der Waals surface area (Å²) in [7, 11) is 0. The summed E-state index contributed by atoms with van der Waals surface area (Å²) >= 11 is 0. The molecule has 0 aromatic heterocycles. The number of hydrogen-bond acceptors (Lipinski definition) is 4. The monoisotopic (exact) mass is 371 g/mol. The summed E-state index contributed by atoms with van der Waals surface area (Å²) in [6.45, 7) is 5.41. The molecule has 144 valence electrons. The molecule has 27 heavy (non-hydrogen) atoms. The Labute approximate surface area is 158 Å². The minimum atomic E-state index is -1.06. The van der Waals surface area contributed by atoms with E-state index < -0.39 is 12.0 Å². The molecule has 1 aliphatic rings. The van der Waals surface area contributed by atoms with Crippen molar-refractivity contribution in [2.75, 3.05) is 0 Å². The second kappa shape index (κ2) is 8.75. The van der Waals surface area contributed by atoms with Crippen molar-refractivity contribution in [1.82, 2.24) is 5.32 Å². The van der Waals surface area contributed by atoms with Gasteiger partial charge in [-0.1, -0.05) is 38.1 Å². The highest BCUT2D eigenvalue weighted by Gasteiger charge is 2.29. The maximum Gasteiger partial charge on any atom is 0.326 e. The molecular formula is C21H25NO5. The first-order chi connectivity index (χ1) is 12.7. The molecule has 0 fully saturated rings. The Bertz CT molecular complexity index is 807. The first-order valence-electron chi connectivity index (χ1n) is 9.12. The van der Waals surface area contributed by atoms with E-state index in [0.29, 0.717) is 41.5 Å². The Morgan fingerprint density at radius 3 is 2.22 bits per heavy atom. The molecule has 0 radical (unpaired) electrons. The molecule has 0 aliphatic heterocycles. The van der Waals surface area contributed by atoms with Crippen molar-refractivity contribution in [2.45, 2.75) is 52.5 Å². The number of Topliss-reactive ketones (excluding diaryl/α,β-unsaturated/α-hetero) is 2. The second-order valence-corrected chi connectivity index (χ2v) is 7.25. The predicted molar refractivity (Wildman–Crippen MR) is 101 cm³/mol. The smallest absolute Gasteiger partial charge is 0.326 e. The molecule has 1 aromatic rings. The van der Waals surface area contributed by atoms with Crippen molar-refractivity contribution >= 4 is 23.4 Å². The number of fused-ring (bicyclic) bond motifs is 1. The lowest BCUT2D eigenvalue weighted by Gasteiger charge is -2.19. The molecule has 0 bridgehead atoms. The molecule has 0 saturated heterocycles. The predicted octanol–water partition coefficient (Wildman–Crippen LogP) is 3.17. The average molecular weight is 371 g/mol. The fourth-order valence-corrected chi connectivity index (χ4v) is 3.24. The van der Waals surface area contributed by atoms with E-state index in [0.717, 1.165) is 0 Å². The highest BCUT2D eigenvalue weighted by atomic mass is 16.4. The van der Waals surface area contributed by atoms with E-state index in [9.17, 15) is 24.3 Å². The molecule has 1 aromatic carbocycles. The van der Waals surface area contributed by atoms with Crippen LogP contribution in [0.4, 0.5) is 0 Å². The van der Waals surface area contributed by atoms with Gasteiger partial charge in [-0.25, -0.2) is 4.79 Å². The molecule has 1 atom stereocenters. The first kappa shape index (κ1) is 20.6. The number of carbonyl (C=O) groups excluding carboxylic acids is 3. The van der Waals surface area contributed by atoms with Crippen molar-refractivity contribution in [1.29, 1.82) is 0 Å². The van der Waals surface area contributed by atoms with Gasteiger partial charge in [0.1, 0.15) is 6.04 Å². The van der Waals surface area contributed by atoms with Gasteiger partial charge < -0.3 is 10.4 Å². The van der Waals surface area contributed by atoms with Gasteiger partial charge in [0.2, 0.25) is 5.91 Å². The van der Waals surface area contributed by atoms with Crippen molar-refractivity contribution in [3.8, 4) is 0 Å². The van der Waals surface area contributed by atoms with Gasteiger partial charge in [0, 0.05) is 28.7 Å². The van der Waals surface area contributed by atoms with E-state index in [2.05, 4.69) is 5.32 Å². The lowest BCUT2D eigenvalue weighted by Crippen LogP contribution is -2.41. The standard InChI is InChI=1S/C21H25NO5/c1-12(2)11-17(21(26)27)22-18(23)10-6-9-14-13(3)19(24)15-7-4-5-8-16(15)20(14)25/h4-5,7-8,12,17H,6,9-11H2,1-3H3,(H,22,23)(H,26,27)/t17-/m0/s1. The Balaban J connectivity index is 1.97. The number of nitrogens with one attached hydrogen (secondary N) is 1. The van der Waals surface area contributed by atoms with Crippen molar-refractivity contribution in [2.24, 2.45) is 5.92 Å². The maximum absolute atomic E-state index is 12.6. The van der Waals surface area contributed by atoms with Crippen LogP contribution in [0.25, 0.3) is 0 Å². The Morgan fingerprint density at radius 1 is 1.07 bits per heavy atom. The highest BCUT2D eigenvalue weighted by molar-refractivity contribution is 6.26. The van der Waals surface area contributed by atoms with Gasteiger partial charge in [0.05, 0.1) is 0 Å². The largest absolute Gasteiger partial charge is 0.480 e. The molecule has 2 N–H and O–H groups in total. The van der Waals surface area contributed by atoms with E-state index in [1.807, 2.05) is 13.8 Å². The van der Waals surface area contributed by atoms with Gasteiger partial charge in [-0.3, -0.25) is 14.4 Å². The molecule has 0 spiro atoms. The lowest BCUT2D eigenvalue weighted by molar-refractivity contribution is -0.142. The fraction of sp³-hybridized carbons (Fsp3) is 0.429. The highest BCUT2D eigenvalue weighted by Crippen LogP contribution is 2.28. The molecule has 2 rings (SSSR count). The molecule has 0 saturated carbocycles. The molecule has 1 amide bonds. The zero-order valence-corrected chi connectivity index (χ0v) is 15.9. The van der Waals surface area contributed by atoms with Gasteiger partial charge in [0.25, 0.3) is 0 Å². The quantitative estimate of drug-likeness (QED) is 0.731. The van der Waals surface area contributed by atoms with Crippen molar-refractivity contribution in [3.63, 3.8) is 0 Å². The molecule has 0 heterocycles. The van der Waals surface area contributed by atoms with Crippen LogP contribution in [0.3, 0.4) is 0 Å². The zero-order valence-electron chi connectivity index (χ0n) is 15.9. The maximum atomic E-state index is 12.6. The number of hydrogen-bond donors (Lipinski definition) is 2. The molecule has 6 nitrogen and oxygen atoms in total. The fourth-order valence-electron chi connectivity index (χ4n) is 3.24. The van der Waals surface area contributed by atoms with Gasteiger partial charge in [-0.15, -0.1) is 0 Å². The molecule has 1 aliphatic carbocycles. The van der Waals surface area contributed by atoms with Gasteiger partial charge >= 0.3 is 5.97 Å². The molecule has 6 heteroatoms. The van der Waals surface area contributed by atoms with Gasteiger partial charge in [0.15, 0.2) is 11.6 Å². The first-order valence-corrected chi connectivity index (χ1v) is 9.12. The second-order valence-electron chi connectivity index (χ2n) is 7.25. The van der Waals surface area contributed by atoms with Crippen LogP contribution in [0.5, 0.6) is 0 Å². The van der Waals surface area contributed by atoms with Crippen LogP contribution in [0.15, 0.2) is 35.4 Å². The summed E-state index contributed by atoms with van der Waals surface area (Å²) in [6.07, 6.45) is 1.13. The van der Waals surface area contributed by atoms with Crippen LogP contribution in [0.2, 0.25) is 0 Å². The number of amides is 1. The zero-order chi connectivity index (χ0) is 20.1. The number of aliphatic carboxylic acids is 1. The van der Waals surface area contributed by atoms with E-state index in [4.69, 9.17) is 0 Å². The van der Waals surface area contributed by atoms with Crippen molar-refractivity contribution < 1.29 is 24.3 Å². The normalized spacial score (nSPS) is 15.0. The third-order valence-electron chi connectivity index (χ3n) is 4.65. The third kappa shape index (κ3) is 4.90. The summed E-state index contributed by atoms with van der Waals surface area (Å²) in [5.74, 6) is -1.61. The van der Waals surface area contributed by atoms with Crippen LogP contribution in [0, 0.1) is 5.92 Å². The minimum Gasteiger partial charge on any atom is -0.480 e. The third-order valence-corrected chi connectivity index (χ3v) is 4.65. The van der Waals surface area contributed by atoms with E-state index in [1.165, 1.54) is 0 Å². The summed E-state index contributed by atoms with van der Waals surface area (Å²) < 4.78 is 0. The SMILES string of the molecule is CC1=C(CCCC(=O)N[C@@H](CC(C)C)C(=O)O)C(=O)c2ccccc2C1=O. The van der Waals surface area contributed by atoms with Crippen LogP contribution < -0.4 is 5.32 Å². The van der Waals surface area contributed by atoms with Crippen LogP contribution in [-0.4, -0.2) is 34.6 Å². The summed E-state index contributed by atoms with van der Waals surface area (Å²) in [6, 6.07) is 5.81. The number of rotatable bonds is 8. The van der Waals surface area contributed by atoms with E-state index in [1.54, 1.807) is 31.2 Å². The van der Waals surface area contributed by atoms with Crippen LogP contribution in [-0.2, 0) is 9.59 Å². The lowest BCUT2D eigenvalue weighted by atomic mass is 9.83. The topological polar surface area (TPSA) is 101 Å². The number of carboxylic acid groups (broad SMARTS) is 1. The van der Waals surface area contributed by atoms with Crippen molar-refractivity contribution in [3.05, 3.63) is 46.5 Å². The van der Waals surface area contributed by atoms with E-state index in [-0.39, 0.29) is 29.8 Å². The minimum absolute atomic E-state index is 0.0990. The summed E-state index contributed by atoms with van der Waals surface area (Å²) in [5.41, 5.74) is 1.67. The Hall–Kier alpha value is -2.76. The number of benzene rings is 1. The molecular weight excluding hydrogens is 346 g/mol. The van der Waals surface area contributed by atoms with Crippen LogP contribution in [0.1, 0.15) is 67.2 Å². The Morgan fingerprint density at radius 2 is 1.67 bits per heavy atom. The molecule has 0 unspecified atom stereocenters. The van der Waals surface area contributed by atoms with Crippen LogP contribution >= 0.6 is 0 Å².